The van der Waals surface area contributed by atoms with Crippen molar-refractivity contribution in [2.75, 3.05) is 13.7 Å². The minimum atomic E-state index is -2.84. The smallest absolute Gasteiger partial charge is 0.311 e. The first kappa shape index (κ1) is 14.8. The molecule has 0 aliphatic carbocycles. The number of rotatable bonds is 5. The number of aromatic nitrogens is 1. The molecule has 0 saturated carbocycles. The fourth-order valence-corrected chi connectivity index (χ4v) is 1.46. The Labute approximate surface area is 108 Å². The van der Waals surface area contributed by atoms with Crippen LogP contribution in [0.2, 0.25) is 0 Å². The maximum Gasteiger partial charge on any atom is 0.311 e. The van der Waals surface area contributed by atoms with Gasteiger partial charge in [-0.05, 0) is 13.0 Å². The third-order valence-corrected chi connectivity index (χ3v) is 2.27. The molecule has 1 aromatic rings. The minimum Gasteiger partial charge on any atom is -0.480 e. The van der Waals surface area contributed by atoms with Gasteiger partial charge in [0.25, 0.3) is 6.43 Å². The lowest BCUT2D eigenvalue weighted by Crippen LogP contribution is -2.12. The zero-order valence-electron chi connectivity index (χ0n) is 10.4. The third kappa shape index (κ3) is 3.61. The Bertz CT molecular complexity index is 512. The maximum atomic E-state index is 12.9. The van der Waals surface area contributed by atoms with E-state index < -0.39 is 24.4 Å². The van der Waals surface area contributed by atoms with E-state index in [9.17, 15) is 13.6 Å². The van der Waals surface area contributed by atoms with Crippen molar-refractivity contribution < 1.29 is 23.0 Å². The highest BCUT2D eigenvalue weighted by Crippen LogP contribution is 2.27. The molecule has 19 heavy (non-hydrogen) atoms. The van der Waals surface area contributed by atoms with E-state index >= 15 is 0 Å². The lowest BCUT2D eigenvalue weighted by Gasteiger charge is -2.10. The summed E-state index contributed by atoms with van der Waals surface area (Å²) in [7, 11) is 1.26. The van der Waals surface area contributed by atoms with E-state index in [2.05, 4.69) is 9.72 Å². The van der Waals surface area contributed by atoms with Crippen LogP contribution in [0.3, 0.4) is 0 Å². The van der Waals surface area contributed by atoms with Crippen molar-refractivity contribution in [2.24, 2.45) is 0 Å². The fourth-order valence-electron chi connectivity index (χ4n) is 1.46. The lowest BCUT2D eigenvalue weighted by atomic mass is 10.1. The molecule has 0 unspecified atom stereocenters. The molecule has 0 fully saturated rings. The Morgan fingerprint density at radius 1 is 1.58 bits per heavy atom. The number of hydrogen-bond acceptors (Lipinski definition) is 5. The van der Waals surface area contributed by atoms with Gasteiger partial charge in [-0.25, -0.2) is 13.8 Å². The first-order chi connectivity index (χ1) is 9.03. The number of nitrogens with zero attached hydrogens (tertiary/aromatic N) is 2. The minimum absolute atomic E-state index is 0.0915. The summed E-state index contributed by atoms with van der Waals surface area (Å²) in [6.45, 7) is 1.76. The number of halogens is 2. The highest BCUT2D eigenvalue weighted by molar-refractivity contribution is 5.72. The number of methoxy groups -OCH3 is 1. The van der Waals surface area contributed by atoms with E-state index in [-0.39, 0.29) is 23.7 Å². The summed E-state index contributed by atoms with van der Waals surface area (Å²) in [5.74, 6) is -0.755. The van der Waals surface area contributed by atoms with Gasteiger partial charge in [0.15, 0.2) is 0 Å². The summed E-state index contributed by atoms with van der Waals surface area (Å²) >= 11 is 0. The predicted octanol–water partition coefficient (Wildman–Crippen LogP) is 2.01. The quantitative estimate of drug-likeness (QED) is 0.765. The van der Waals surface area contributed by atoms with E-state index in [4.69, 9.17) is 10.00 Å². The van der Waals surface area contributed by atoms with Crippen LogP contribution in [0.5, 0.6) is 5.88 Å². The first-order valence-corrected chi connectivity index (χ1v) is 5.45. The number of carbonyl (C=O) groups is 1. The normalized spacial score (nSPS) is 10.1. The summed E-state index contributed by atoms with van der Waals surface area (Å²) in [4.78, 5) is 15.1. The van der Waals surface area contributed by atoms with Gasteiger partial charge in [-0.3, -0.25) is 4.79 Å². The second kappa shape index (κ2) is 6.64. The van der Waals surface area contributed by atoms with E-state index in [0.717, 1.165) is 6.07 Å². The number of nitriles is 1. The molecule has 1 aromatic heterocycles. The van der Waals surface area contributed by atoms with Crippen LogP contribution in [0, 0.1) is 11.3 Å². The largest absolute Gasteiger partial charge is 0.480 e. The maximum absolute atomic E-state index is 12.9. The SMILES string of the molecule is CCOC(=O)Cc1nc(OC)c(C#N)cc1C(F)F. The van der Waals surface area contributed by atoms with Gasteiger partial charge in [0, 0.05) is 5.56 Å². The second-order valence-corrected chi connectivity index (χ2v) is 3.48. The number of ether oxygens (including phenoxy) is 2. The van der Waals surface area contributed by atoms with Crippen LogP contribution in [-0.4, -0.2) is 24.7 Å². The number of carbonyl (C=O) groups excluding carboxylic acids is 1. The van der Waals surface area contributed by atoms with Crippen molar-refractivity contribution in [1.82, 2.24) is 4.98 Å². The van der Waals surface area contributed by atoms with Gasteiger partial charge >= 0.3 is 5.97 Å². The van der Waals surface area contributed by atoms with Crippen molar-refractivity contribution >= 4 is 5.97 Å². The van der Waals surface area contributed by atoms with Crippen LogP contribution < -0.4 is 4.74 Å². The van der Waals surface area contributed by atoms with Crippen LogP contribution in [0.1, 0.15) is 30.2 Å². The molecule has 5 nitrogen and oxygen atoms in total. The zero-order valence-corrected chi connectivity index (χ0v) is 10.4. The summed E-state index contributed by atoms with van der Waals surface area (Å²) in [6.07, 6.45) is -3.23. The van der Waals surface area contributed by atoms with Crippen LogP contribution in [0.4, 0.5) is 8.78 Å². The van der Waals surface area contributed by atoms with Crippen molar-refractivity contribution in [3.8, 4) is 11.9 Å². The molecule has 0 bridgehead atoms. The molecule has 0 atom stereocenters. The number of pyridine rings is 1. The Morgan fingerprint density at radius 2 is 2.26 bits per heavy atom. The molecule has 0 amide bonds. The van der Waals surface area contributed by atoms with E-state index in [0.29, 0.717) is 0 Å². The predicted molar refractivity (Wildman–Crippen MR) is 60.8 cm³/mol. The molecule has 0 saturated heterocycles. The molecule has 0 spiro atoms. The molecule has 1 rings (SSSR count). The van der Waals surface area contributed by atoms with Gasteiger partial charge in [-0.2, -0.15) is 5.26 Å². The fraction of sp³-hybridized carbons (Fsp3) is 0.417. The van der Waals surface area contributed by atoms with Crippen LogP contribution in [-0.2, 0) is 16.0 Å². The topological polar surface area (TPSA) is 72.2 Å². The number of hydrogen-bond donors (Lipinski definition) is 0. The number of alkyl halides is 2. The molecule has 0 aromatic carbocycles. The van der Waals surface area contributed by atoms with E-state index in [1.807, 2.05) is 0 Å². The molecule has 0 aliphatic rings. The van der Waals surface area contributed by atoms with Gasteiger partial charge in [0.1, 0.15) is 11.6 Å². The molecule has 7 heteroatoms. The van der Waals surface area contributed by atoms with Crippen molar-refractivity contribution in [3.05, 3.63) is 22.9 Å². The molecular weight excluding hydrogens is 258 g/mol. The van der Waals surface area contributed by atoms with Gasteiger partial charge in [0.05, 0.1) is 25.8 Å². The monoisotopic (exact) mass is 270 g/mol. The molecule has 0 aliphatic heterocycles. The van der Waals surface area contributed by atoms with Crippen LogP contribution >= 0.6 is 0 Å². The van der Waals surface area contributed by atoms with Gasteiger partial charge in [-0.1, -0.05) is 0 Å². The van der Waals surface area contributed by atoms with Crippen molar-refractivity contribution in [3.63, 3.8) is 0 Å². The van der Waals surface area contributed by atoms with Crippen molar-refractivity contribution in [1.29, 1.82) is 5.26 Å². The standard InChI is InChI=1S/C12H12F2N2O3/c1-3-19-10(17)5-9-8(11(13)14)4-7(6-15)12(16-9)18-2/h4,11H,3,5H2,1-2H3. The molecule has 102 valence electrons. The molecular formula is C12H12F2N2O3. The molecule has 0 radical (unpaired) electrons. The van der Waals surface area contributed by atoms with E-state index in [1.54, 1.807) is 13.0 Å². The Kier molecular flexibility index (Phi) is 5.18. The first-order valence-electron chi connectivity index (χ1n) is 5.45. The highest BCUT2D eigenvalue weighted by atomic mass is 19.3. The Balaban J connectivity index is 3.20. The summed E-state index contributed by atoms with van der Waals surface area (Å²) in [5.41, 5.74) is -0.722. The lowest BCUT2D eigenvalue weighted by molar-refractivity contribution is -0.142. The second-order valence-electron chi connectivity index (χ2n) is 3.48. The Hall–Kier alpha value is -2.23. The molecule has 1 heterocycles. The van der Waals surface area contributed by atoms with Crippen molar-refractivity contribution in [2.45, 2.75) is 19.8 Å². The highest BCUT2D eigenvalue weighted by Gasteiger charge is 2.21. The average molecular weight is 270 g/mol. The van der Waals surface area contributed by atoms with Gasteiger partial charge < -0.3 is 9.47 Å². The molecule has 0 N–H and O–H groups in total. The Morgan fingerprint density at radius 3 is 2.74 bits per heavy atom. The summed E-state index contributed by atoms with van der Waals surface area (Å²) < 4.78 is 35.3. The summed E-state index contributed by atoms with van der Waals surface area (Å²) in [5, 5.41) is 8.81. The van der Waals surface area contributed by atoms with Crippen LogP contribution in [0.15, 0.2) is 6.07 Å². The average Bonchev–Trinajstić information content (AvgIpc) is 2.38. The summed E-state index contributed by atoms with van der Waals surface area (Å²) in [6, 6.07) is 2.69. The number of esters is 1. The third-order valence-electron chi connectivity index (χ3n) is 2.27. The zero-order chi connectivity index (χ0) is 14.4. The van der Waals surface area contributed by atoms with Crippen LogP contribution in [0.25, 0.3) is 0 Å². The van der Waals surface area contributed by atoms with E-state index in [1.165, 1.54) is 7.11 Å². The van der Waals surface area contributed by atoms with Gasteiger partial charge in [0.2, 0.25) is 5.88 Å². The van der Waals surface area contributed by atoms with Gasteiger partial charge in [-0.15, -0.1) is 0 Å².